The molecule has 0 radical (unpaired) electrons. The third-order valence-electron chi connectivity index (χ3n) is 2.46. The standard InChI is InChI=1S/C12H13BrFN3O4/c13-6-1-2-7(14)9(5-6)17-12(21)16-8(11(19)20)3-4-10(15)18/h1-2,5,8H,3-4H2,(H2,15,18)(H,19,20)(H2,16,17,21)/t8-/m1/s1. The van der Waals surface area contributed by atoms with Gasteiger partial charge in [-0.15, -0.1) is 0 Å². The zero-order valence-corrected chi connectivity index (χ0v) is 12.3. The van der Waals surface area contributed by atoms with Crippen LogP contribution in [-0.2, 0) is 9.59 Å². The maximum Gasteiger partial charge on any atom is 0.326 e. The average Bonchev–Trinajstić information content (AvgIpc) is 2.38. The summed E-state index contributed by atoms with van der Waals surface area (Å²) in [6.45, 7) is 0. The van der Waals surface area contributed by atoms with Crippen molar-refractivity contribution in [2.45, 2.75) is 18.9 Å². The number of primary amides is 1. The summed E-state index contributed by atoms with van der Waals surface area (Å²) in [6, 6.07) is 1.72. The van der Waals surface area contributed by atoms with Crippen molar-refractivity contribution in [3.63, 3.8) is 0 Å². The zero-order valence-electron chi connectivity index (χ0n) is 10.7. The van der Waals surface area contributed by atoms with E-state index in [-0.39, 0.29) is 18.5 Å². The number of amides is 3. The molecule has 3 amide bonds. The molecule has 0 saturated carbocycles. The maximum absolute atomic E-state index is 13.4. The predicted molar refractivity (Wildman–Crippen MR) is 76.1 cm³/mol. The van der Waals surface area contributed by atoms with E-state index in [1.807, 2.05) is 0 Å². The third-order valence-corrected chi connectivity index (χ3v) is 2.95. The first-order valence-corrected chi connectivity index (χ1v) is 6.62. The van der Waals surface area contributed by atoms with Gasteiger partial charge in [-0.1, -0.05) is 15.9 Å². The first-order valence-electron chi connectivity index (χ1n) is 5.83. The molecule has 9 heteroatoms. The fraction of sp³-hybridized carbons (Fsp3) is 0.250. The normalized spacial score (nSPS) is 11.5. The summed E-state index contributed by atoms with van der Waals surface area (Å²) in [4.78, 5) is 33.2. The highest BCUT2D eigenvalue weighted by Crippen LogP contribution is 2.19. The van der Waals surface area contributed by atoms with Crippen LogP contribution in [0.25, 0.3) is 0 Å². The van der Waals surface area contributed by atoms with Crippen molar-refractivity contribution in [1.82, 2.24) is 5.32 Å². The van der Waals surface area contributed by atoms with E-state index >= 15 is 0 Å². The number of aliphatic carboxylic acids is 1. The van der Waals surface area contributed by atoms with Crippen LogP contribution in [0.15, 0.2) is 22.7 Å². The number of halogens is 2. The van der Waals surface area contributed by atoms with Crippen molar-refractivity contribution >= 4 is 39.5 Å². The molecule has 0 fully saturated rings. The highest BCUT2D eigenvalue weighted by Gasteiger charge is 2.21. The third kappa shape index (κ3) is 5.78. The molecule has 0 bridgehead atoms. The molecule has 0 saturated heterocycles. The summed E-state index contributed by atoms with van der Waals surface area (Å²) < 4.78 is 14.0. The molecule has 0 aliphatic rings. The Morgan fingerprint density at radius 3 is 2.62 bits per heavy atom. The van der Waals surface area contributed by atoms with E-state index in [0.717, 1.165) is 6.07 Å². The molecule has 21 heavy (non-hydrogen) atoms. The van der Waals surface area contributed by atoms with E-state index in [1.54, 1.807) is 0 Å². The van der Waals surface area contributed by atoms with E-state index in [2.05, 4.69) is 26.6 Å². The summed E-state index contributed by atoms with van der Waals surface area (Å²) in [5.41, 5.74) is 4.81. The lowest BCUT2D eigenvalue weighted by Gasteiger charge is -2.14. The van der Waals surface area contributed by atoms with Gasteiger partial charge in [-0.25, -0.2) is 14.0 Å². The van der Waals surface area contributed by atoms with Crippen LogP contribution < -0.4 is 16.4 Å². The molecule has 1 rings (SSSR count). The molecule has 0 spiro atoms. The Hall–Kier alpha value is -2.16. The Labute approximate surface area is 127 Å². The largest absolute Gasteiger partial charge is 0.480 e. The van der Waals surface area contributed by atoms with Gasteiger partial charge in [0, 0.05) is 10.9 Å². The van der Waals surface area contributed by atoms with E-state index < -0.39 is 29.8 Å². The van der Waals surface area contributed by atoms with Gasteiger partial charge >= 0.3 is 12.0 Å². The first kappa shape index (κ1) is 16.9. The molecule has 5 N–H and O–H groups in total. The Morgan fingerprint density at radius 2 is 2.05 bits per heavy atom. The number of urea groups is 1. The molecule has 1 aromatic carbocycles. The predicted octanol–water partition coefficient (Wildman–Crippen LogP) is 1.43. The average molecular weight is 362 g/mol. The van der Waals surface area contributed by atoms with Crippen LogP contribution in [0.4, 0.5) is 14.9 Å². The van der Waals surface area contributed by atoms with Crippen molar-refractivity contribution in [3.8, 4) is 0 Å². The van der Waals surface area contributed by atoms with Crippen molar-refractivity contribution < 1.29 is 23.9 Å². The lowest BCUT2D eigenvalue weighted by molar-refractivity contribution is -0.139. The van der Waals surface area contributed by atoms with Crippen LogP contribution in [0, 0.1) is 5.82 Å². The zero-order chi connectivity index (χ0) is 16.0. The van der Waals surface area contributed by atoms with E-state index in [9.17, 15) is 18.8 Å². The molecule has 1 atom stereocenters. The molecule has 0 aliphatic carbocycles. The monoisotopic (exact) mass is 361 g/mol. The van der Waals surface area contributed by atoms with Gasteiger partial charge in [0.05, 0.1) is 5.69 Å². The topological polar surface area (TPSA) is 122 Å². The van der Waals surface area contributed by atoms with Gasteiger partial charge in [-0.3, -0.25) is 4.79 Å². The SMILES string of the molecule is NC(=O)CC[C@@H](NC(=O)Nc1cc(Br)ccc1F)C(=O)O. The Bertz CT molecular complexity index is 567. The van der Waals surface area contributed by atoms with Gasteiger partial charge in [0.15, 0.2) is 0 Å². The van der Waals surface area contributed by atoms with Crippen LogP contribution in [0.2, 0.25) is 0 Å². The van der Waals surface area contributed by atoms with E-state index in [4.69, 9.17) is 10.8 Å². The van der Waals surface area contributed by atoms with E-state index in [1.165, 1.54) is 12.1 Å². The first-order chi connectivity index (χ1) is 9.79. The fourth-order valence-electron chi connectivity index (χ4n) is 1.45. The second-order valence-corrected chi connectivity index (χ2v) is 5.03. The number of benzene rings is 1. The van der Waals surface area contributed by atoms with Gasteiger partial charge in [0.25, 0.3) is 0 Å². The van der Waals surface area contributed by atoms with Gasteiger partial charge in [0.2, 0.25) is 5.91 Å². The second kappa shape index (κ2) is 7.58. The molecule has 0 aliphatic heterocycles. The smallest absolute Gasteiger partial charge is 0.326 e. The van der Waals surface area contributed by atoms with Crippen LogP contribution in [-0.4, -0.2) is 29.1 Å². The quantitative estimate of drug-likeness (QED) is 0.612. The minimum atomic E-state index is -1.32. The lowest BCUT2D eigenvalue weighted by Crippen LogP contribution is -2.43. The number of hydrogen-bond acceptors (Lipinski definition) is 3. The Morgan fingerprint density at radius 1 is 1.38 bits per heavy atom. The number of hydrogen-bond donors (Lipinski definition) is 4. The number of rotatable bonds is 6. The van der Waals surface area contributed by atoms with Crippen LogP contribution >= 0.6 is 15.9 Å². The van der Waals surface area contributed by atoms with E-state index in [0.29, 0.717) is 4.47 Å². The molecular formula is C12H13BrFN3O4. The molecule has 0 aromatic heterocycles. The molecule has 114 valence electrons. The van der Waals surface area contributed by atoms with Crippen LogP contribution in [0.3, 0.4) is 0 Å². The summed E-state index contributed by atoms with van der Waals surface area (Å²) in [5, 5.41) is 13.2. The Balaban J connectivity index is 2.67. The van der Waals surface area contributed by atoms with Crippen molar-refractivity contribution in [1.29, 1.82) is 0 Å². The van der Waals surface area contributed by atoms with Gasteiger partial charge < -0.3 is 21.5 Å². The number of nitrogens with two attached hydrogens (primary N) is 1. The van der Waals surface area contributed by atoms with Gasteiger partial charge in [-0.05, 0) is 24.6 Å². The van der Waals surface area contributed by atoms with Crippen molar-refractivity contribution in [2.75, 3.05) is 5.32 Å². The molecule has 0 unspecified atom stereocenters. The summed E-state index contributed by atoms with van der Waals surface area (Å²) >= 11 is 3.12. The summed E-state index contributed by atoms with van der Waals surface area (Å²) in [7, 11) is 0. The molecule has 7 nitrogen and oxygen atoms in total. The fourth-order valence-corrected chi connectivity index (χ4v) is 1.81. The van der Waals surface area contributed by atoms with Crippen LogP contribution in [0.1, 0.15) is 12.8 Å². The number of carboxylic acid groups (broad SMARTS) is 1. The number of carbonyl (C=O) groups excluding carboxylic acids is 2. The highest BCUT2D eigenvalue weighted by molar-refractivity contribution is 9.10. The summed E-state index contributed by atoms with van der Waals surface area (Å²) in [5.74, 6) is -2.67. The lowest BCUT2D eigenvalue weighted by atomic mass is 10.1. The maximum atomic E-state index is 13.4. The molecule has 0 heterocycles. The second-order valence-electron chi connectivity index (χ2n) is 4.12. The van der Waals surface area contributed by atoms with Crippen molar-refractivity contribution in [3.05, 3.63) is 28.5 Å². The minimum absolute atomic E-state index is 0.110. The number of anilines is 1. The number of nitrogens with one attached hydrogen (secondary N) is 2. The number of carboxylic acids is 1. The number of carbonyl (C=O) groups is 3. The van der Waals surface area contributed by atoms with Gasteiger partial charge in [0.1, 0.15) is 11.9 Å². The Kier molecular flexibility index (Phi) is 6.10. The molecule has 1 aromatic rings. The highest BCUT2D eigenvalue weighted by atomic mass is 79.9. The molecular weight excluding hydrogens is 349 g/mol. The van der Waals surface area contributed by atoms with Crippen molar-refractivity contribution in [2.24, 2.45) is 5.73 Å². The minimum Gasteiger partial charge on any atom is -0.480 e. The summed E-state index contributed by atoms with van der Waals surface area (Å²) in [6.07, 6.45) is -0.346. The van der Waals surface area contributed by atoms with Crippen LogP contribution in [0.5, 0.6) is 0 Å². The van der Waals surface area contributed by atoms with Gasteiger partial charge in [-0.2, -0.15) is 0 Å².